The minimum atomic E-state index is -0.191. The Balaban J connectivity index is 1.96. The van der Waals surface area contributed by atoms with Gasteiger partial charge >= 0.3 is 0 Å². The van der Waals surface area contributed by atoms with Gasteiger partial charge in [-0.2, -0.15) is 0 Å². The first-order valence-electron chi connectivity index (χ1n) is 7.61. The Kier molecular flexibility index (Phi) is 6.10. The van der Waals surface area contributed by atoms with Crippen molar-refractivity contribution in [1.82, 2.24) is 15.5 Å². The molecule has 0 bridgehead atoms. The normalized spacial score (nSPS) is 10.7. The van der Waals surface area contributed by atoms with Crippen LogP contribution in [0.4, 0.5) is 11.5 Å². The summed E-state index contributed by atoms with van der Waals surface area (Å²) in [6.07, 6.45) is 0.946. The number of hydrogen-bond donors (Lipinski definition) is 2. The van der Waals surface area contributed by atoms with Crippen molar-refractivity contribution in [2.24, 2.45) is 5.92 Å². The van der Waals surface area contributed by atoms with Crippen LogP contribution >= 0.6 is 15.9 Å². The average molecular weight is 377 g/mol. The molecule has 6 heteroatoms. The Hall–Kier alpha value is -1.95. The molecule has 0 fully saturated rings. The Morgan fingerprint density at radius 2 is 2.00 bits per heavy atom. The number of hydrogen-bond acceptors (Lipinski definition) is 4. The van der Waals surface area contributed by atoms with E-state index in [4.69, 9.17) is 0 Å². The number of anilines is 2. The summed E-state index contributed by atoms with van der Waals surface area (Å²) in [5.41, 5.74) is 2.38. The number of carbonyl (C=O) groups is 1. The summed E-state index contributed by atoms with van der Waals surface area (Å²) in [7, 11) is 0. The minimum Gasteiger partial charge on any atom is -0.351 e. The summed E-state index contributed by atoms with van der Waals surface area (Å²) in [5.74, 6) is 0.969. The van der Waals surface area contributed by atoms with E-state index in [1.165, 1.54) is 0 Å². The van der Waals surface area contributed by atoms with Crippen LogP contribution in [0, 0.1) is 12.8 Å². The summed E-state index contributed by atoms with van der Waals surface area (Å²) < 4.78 is 1.06. The Bertz CT molecular complexity index is 671. The van der Waals surface area contributed by atoms with Crippen molar-refractivity contribution in [2.45, 2.75) is 27.2 Å². The molecule has 1 heterocycles. The Morgan fingerprint density at radius 3 is 2.61 bits per heavy atom. The third kappa shape index (κ3) is 5.32. The van der Waals surface area contributed by atoms with Crippen molar-refractivity contribution in [2.75, 3.05) is 11.9 Å². The van der Waals surface area contributed by atoms with Crippen LogP contribution < -0.4 is 10.6 Å². The molecule has 2 aromatic rings. The predicted molar refractivity (Wildman–Crippen MR) is 96.0 cm³/mol. The molecule has 0 aliphatic carbocycles. The summed E-state index contributed by atoms with van der Waals surface area (Å²) in [4.78, 5) is 11.9. The second-order valence-electron chi connectivity index (χ2n) is 5.83. The summed E-state index contributed by atoms with van der Waals surface area (Å²) >= 11 is 3.47. The lowest BCUT2D eigenvalue weighted by atomic mass is 10.1. The summed E-state index contributed by atoms with van der Waals surface area (Å²) in [5, 5.41) is 14.1. The van der Waals surface area contributed by atoms with E-state index in [0.717, 1.165) is 22.1 Å². The zero-order valence-corrected chi connectivity index (χ0v) is 15.1. The number of nitrogens with one attached hydrogen (secondary N) is 2. The Morgan fingerprint density at radius 1 is 1.22 bits per heavy atom. The lowest BCUT2D eigenvalue weighted by Crippen LogP contribution is -2.26. The van der Waals surface area contributed by atoms with Gasteiger partial charge in [0.2, 0.25) is 0 Å². The van der Waals surface area contributed by atoms with Crippen molar-refractivity contribution in [3.63, 3.8) is 0 Å². The van der Waals surface area contributed by atoms with Crippen LogP contribution in [0.15, 0.2) is 34.8 Å². The number of aromatic nitrogens is 2. The van der Waals surface area contributed by atoms with Gasteiger partial charge in [-0.1, -0.05) is 29.8 Å². The highest BCUT2D eigenvalue weighted by atomic mass is 79.9. The fourth-order valence-corrected chi connectivity index (χ4v) is 2.20. The fourth-order valence-electron chi connectivity index (χ4n) is 1.96. The zero-order valence-electron chi connectivity index (χ0n) is 13.6. The fraction of sp³-hybridized carbons (Fsp3) is 0.353. The molecule has 0 saturated heterocycles. The highest BCUT2D eigenvalue weighted by Crippen LogP contribution is 2.22. The first kappa shape index (κ1) is 17.4. The Labute approximate surface area is 145 Å². The number of carbonyl (C=O) groups excluding carboxylic acids is 1. The van der Waals surface area contributed by atoms with Gasteiger partial charge in [-0.3, -0.25) is 4.79 Å². The molecule has 0 radical (unpaired) electrons. The number of benzene rings is 1. The highest BCUT2D eigenvalue weighted by Gasteiger charge is 2.08. The van der Waals surface area contributed by atoms with E-state index in [1.54, 1.807) is 12.1 Å². The van der Waals surface area contributed by atoms with Crippen LogP contribution in [-0.4, -0.2) is 22.6 Å². The molecule has 0 spiro atoms. The molecular weight excluding hydrogens is 356 g/mol. The van der Waals surface area contributed by atoms with E-state index >= 15 is 0 Å². The topological polar surface area (TPSA) is 66.9 Å². The number of nitrogens with zero attached hydrogens (tertiary/aromatic N) is 2. The number of halogens is 1. The summed E-state index contributed by atoms with van der Waals surface area (Å²) in [6, 6.07) is 9.36. The molecule has 1 aromatic carbocycles. The molecule has 2 rings (SSSR count). The maximum Gasteiger partial charge on any atom is 0.271 e. The number of rotatable bonds is 6. The van der Waals surface area contributed by atoms with E-state index in [9.17, 15) is 4.79 Å². The van der Waals surface area contributed by atoms with Crippen LogP contribution in [0.3, 0.4) is 0 Å². The lowest BCUT2D eigenvalue weighted by molar-refractivity contribution is 0.0946. The third-order valence-corrected chi connectivity index (χ3v) is 4.22. The summed E-state index contributed by atoms with van der Waals surface area (Å²) in [6.45, 7) is 6.91. The standard InChI is InChI=1S/C17H21BrN4O/c1-11(2)8-9-19-17(23)15-6-7-16(22-21-15)20-13-4-5-14(18)12(3)10-13/h4-7,10-11H,8-9H2,1-3H3,(H,19,23)(H,20,22). The average Bonchev–Trinajstić information content (AvgIpc) is 2.51. The van der Waals surface area contributed by atoms with E-state index in [-0.39, 0.29) is 5.91 Å². The maximum atomic E-state index is 11.9. The van der Waals surface area contributed by atoms with Crippen LogP contribution in [-0.2, 0) is 0 Å². The lowest BCUT2D eigenvalue weighted by Gasteiger charge is -2.08. The van der Waals surface area contributed by atoms with Gasteiger partial charge < -0.3 is 10.6 Å². The van der Waals surface area contributed by atoms with Crippen LogP contribution in [0.5, 0.6) is 0 Å². The molecule has 0 aliphatic heterocycles. The van der Waals surface area contributed by atoms with Crippen molar-refractivity contribution >= 4 is 33.3 Å². The van der Waals surface area contributed by atoms with Crippen molar-refractivity contribution < 1.29 is 4.79 Å². The molecule has 0 atom stereocenters. The van der Waals surface area contributed by atoms with E-state index in [2.05, 4.69) is 50.6 Å². The molecule has 122 valence electrons. The molecule has 0 saturated carbocycles. The van der Waals surface area contributed by atoms with Crippen LogP contribution in [0.2, 0.25) is 0 Å². The smallest absolute Gasteiger partial charge is 0.271 e. The first-order chi connectivity index (χ1) is 11.0. The molecule has 1 aromatic heterocycles. The maximum absolute atomic E-state index is 11.9. The van der Waals surface area contributed by atoms with E-state index in [0.29, 0.717) is 24.0 Å². The molecular formula is C17H21BrN4O. The van der Waals surface area contributed by atoms with Gasteiger partial charge in [-0.05, 0) is 55.2 Å². The van der Waals surface area contributed by atoms with Crippen molar-refractivity contribution in [3.8, 4) is 0 Å². The van der Waals surface area contributed by atoms with E-state index < -0.39 is 0 Å². The van der Waals surface area contributed by atoms with Gasteiger partial charge in [0.15, 0.2) is 11.5 Å². The van der Waals surface area contributed by atoms with Crippen LogP contribution in [0.25, 0.3) is 0 Å². The molecule has 23 heavy (non-hydrogen) atoms. The SMILES string of the molecule is Cc1cc(Nc2ccc(C(=O)NCCC(C)C)nn2)ccc1Br. The highest BCUT2D eigenvalue weighted by molar-refractivity contribution is 9.10. The van der Waals surface area contributed by atoms with Crippen LogP contribution in [0.1, 0.15) is 36.3 Å². The van der Waals surface area contributed by atoms with Crippen molar-refractivity contribution in [1.29, 1.82) is 0 Å². The van der Waals surface area contributed by atoms with Gasteiger partial charge in [0.1, 0.15) is 0 Å². The van der Waals surface area contributed by atoms with Gasteiger partial charge in [-0.15, -0.1) is 10.2 Å². The molecule has 1 amide bonds. The first-order valence-corrected chi connectivity index (χ1v) is 8.40. The predicted octanol–water partition coefficient (Wildman–Crippen LogP) is 4.07. The quantitative estimate of drug-likeness (QED) is 0.797. The monoisotopic (exact) mass is 376 g/mol. The number of aryl methyl sites for hydroxylation is 1. The van der Waals surface area contributed by atoms with Gasteiger partial charge in [-0.25, -0.2) is 0 Å². The minimum absolute atomic E-state index is 0.191. The molecule has 0 aliphatic rings. The number of amides is 1. The molecule has 5 nitrogen and oxygen atoms in total. The second-order valence-corrected chi connectivity index (χ2v) is 6.69. The van der Waals surface area contributed by atoms with Gasteiger partial charge in [0.05, 0.1) is 0 Å². The van der Waals surface area contributed by atoms with Crippen molar-refractivity contribution in [3.05, 3.63) is 46.1 Å². The zero-order chi connectivity index (χ0) is 16.8. The van der Waals surface area contributed by atoms with Gasteiger partial charge in [0, 0.05) is 16.7 Å². The second kappa shape index (κ2) is 8.06. The largest absolute Gasteiger partial charge is 0.351 e. The van der Waals surface area contributed by atoms with E-state index in [1.807, 2.05) is 25.1 Å². The molecule has 0 unspecified atom stereocenters. The third-order valence-electron chi connectivity index (χ3n) is 3.33. The van der Waals surface area contributed by atoms with Gasteiger partial charge in [0.25, 0.3) is 5.91 Å². The molecule has 2 N–H and O–H groups in total.